The fourth-order valence-electron chi connectivity index (χ4n) is 4.19. The molecule has 0 aliphatic carbocycles. The number of piperazine rings is 1. The summed E-state index contributed by atoms with van der Waals surface area (Å²) in [5.74, 6) is -0.906. The van der Waals surface area contributed by atoms with E-state index in [2.05, 4.69) is 41.8 Å². The van der Waals surface area contributed by atoms with Gasteiger partial charge in [-0.3, -0.25) is 14.4 Å². The number of para-hydroxylation sites is 1. The van der Waals surface area contributed by atoms with E-state index in [1.807, 2.05) is 12.1 Å². The molecule has 1 saturated heterocycles. The minimum atomic E-state index is -3.98. The lowest BCUT2D eigenvalue weighted by molar-refractivity contribution is 0.0948. The van der Waals surface area contributed by atoms with Crippen LogP contribution in [0.15, 0.2) is 76.1 Å². The third-order valence-corrected chi connectivity index (χ3v) is 9.19. The molecule has 1 amide bonds. The first-order chi connectivity index (χ1) is 18.3. The predicted octanol–water partition coefficient (Wildman–Crippen LogP) is 4.55. The molecule has 0 radical (unpaired) electrons. The number of hydrogen-bond donors (Lipinski definition) is 2. The largest absolute Gasteiger partial charge is 0.351 e. The molecule has 1 aliphatic rings. The Morgan fingerprint density at radius 3 is 2.53 bits per heavy atom. The van der Waals surface area contributed by atoms with E-state index >= 15 is 0 Å². The van der Waals surface area contributed by atoms with Crippen molar-refractivity contribution >= 4 is 64.2 Å². The van der Waals surface area contributed by atoms with Crippen LogP contribution in [0.1, 0.15) is 10.4 Å². The summed E-state index contributed by atoms with van der Waals surface area (Å²) >= 11 is 5.20. The van der Waals surface area contributed by atoms with Gasteiger partial charge in [-0.25, -0.2) is 17.8 Å². The van der Waals surface area contributed by atoms with E-state index < -0.39 is 15.8 Å². The normalized spacial score (nSPS) is 14.5. The second-order valence-corrected chi connectivity index (χ2v) is 12.4. The Kier molecular flexibility index (Phi) is 7.93. The van der Waals surface area contributed by atoms with Crippen LogP contribution in [0, 0.1) is 5.82 Å². The van der Waals surface area contributed by atoms with Gasteiger partial charge >= 0.3 is 0 Å². The van der Waals surface area contributed by atoms with Gasteiger partial charge in [-0.2, -0.15) is 0 Å². The van der Waals surface area contributed by atoms with E-state index in [1.54, 1.807) is 29.5 Å². The van der Waals surface area contributed by atoms with Gasteiger partial charge in [0, 0.05) is 43.7 Å². The average molecular weight is 619 g/mol. The Bertz CT molecular complexity index is 1550. The maximum Gasteiger partial charge on any atom is 0.261 e. The lowest BCUT2D eigenvalue weighted by Gasteiger charge is -2.34. The molecule has 2 heterocycles. The van der Waals surface area contributed by atoms with Crippen LogP contribution in [0.2, 0.25) is 0 Å². The molecule has 0 bridgehead atoms. The standard InChI is InChI=1S/C26H25BrFN5O3S2/c27-18-5-10-23-24(17-18)37-26(30-23)33-15-13-32(14-16-33)12-11-29-25(34)21-3-1-2-4-22(21)31-38(35,36)20-8-6-19(28)7-9-20/h1-10,17,31H,11-16H2,(H,29,34). The molecular formula is C26H25BrFN5O3S2. The molecule has 12 heteroatoms. The number of nitrogens with one attached hydrogen (secondary N) is 2. The number of nitrogens with zero attached hydrogens (tertiary/aromatic N) is 3. The molecule has 38 heavy (non-hydrogen) atoms. The van der Waals surface area contributed by atoms with Crippen LogP contribution in [0.5, 0.6) is 0 Å². The van der Waals surface area contributed by atoms with Crippen molar-refractivity contribution in [3.63, 3.8) is 0 Å². The lowest BCUT2D eigenvalue weighted by Crippen LogP contribution is -2.48. The molecule has 0 saturated carbocycles. The zero-order chi connectivity index (χ0) is 26.7. The van der Waals surface area contributed by atoms with Gasteiger partial charge in [-0.05, 0) is 54.6 Å². The van der Waals surface area contributed by atoms with Gasteiger partial charge in [0.25, 0.3) is 15.9 Å². The number of anilines is 2. The van der Waals surface area contributed by atoms with E-state index in [-0.39, 0.29) is 22.1 Å². The average Bonchev–Trinajstić information content (AvgIpc) is 3.32. The summed E-state index contributed by atoms with van der Waals surface area (Å²) in [6.45, 7) is 4.50. The SMILES string of the molecule is O=C(NCCN1CCN(c2nc3ccc(Br)cc3s2)CC1)c1ccccc1NS(=O)(=O)c1ccc(F)cc1. The number of halogens is 2. The second-order valence-electron chi connectivity index (χ2n) is 8.80. The maximum atomic E-state index is 13.2. The summed E-state index contributed by atoms with van der Waals surface area (Å²) in [5, 5.41) is 3.91. The van der Waals surface area contributed by atoms with Crippen molar-refractivity contribution < 1.29 is 17.6 Å². The summed E-state index contributed by atoms with van der Waals surface area (Å²) in [6.07, 6.45) is 0. The minimum absolute atomic E-state index is 0.0908. The van der Waals surface area contributed by atoms with Crippen LogP contribution < -0.4 is 14.9 Å². The Labute approximate surface area is 232 Å². The quantitative estimate of drug-likeness (QED) is 0.301. The molecule has 0 atom stereocenters. The number of aromatic nitrogens is 1. The molecular weight excluding hydrogens is 593 g/mol. The Balaban J connectivity index is 1.14. The highest BCUT2D eigenvalue weighted by molar-refractivity contribution is 9.10. The van der Waals surface area contributed by atoms with Crippen molar-refractivity contribution in [3.8, 4) is 0 Å². The smallest absolute Gasteiger partial charge is 0.261 e. The van der Waals surface area contributed by atoms with Crippen LogP contribution in [0.4, 0.5) is 15.2 Å². The summed E-state index contributed by atoms with van der Waals surface area (Å²) in [5.41, 5.74) is 1.37. The number of carbonyl (C=O) groups excluding carboxylic acids is 1. The number of sulfonamides is 1. The second kappa shape index (κ2) is 11.4. The number of carbonyl (C=O) groups is 1. The topological polar surface area (TPSA) is 94.6 Å². The molecule has 8 nitrogen and oxygen atoms in total. The number of thiazole rings is 1. The molecule has 1 aliphatic heterocycles. The molecule has 5 rings (SSSR count). The monoisotopic (exact) mass is 617 g/mol. The van der Waals surface area contributed by atoms with Crippen LogP contribution >= 0.6 is 27.3 Å². The highest BCUT2D eigenvalue weighted by Gasteiger charge is 2.21. The zero-order valence-electron chi connectivity index (χ0n) is 20.2. The Morgan fingerprint density at radius 2 is 1.76 bits per heavy atom. The summed E-state index contributed by atoms with van der Waals surface area (Å²) in [4.78, 5) is 22.1. The summed E-state index contributed by atoms with van der Waals surface area (Å²) in [6, 6.07) is 17.0. The maximum absolute atomic E-state index is 13.2. The molecule has 198 valence electrons. The van der Waals surface area contributed by atoms with Gasteiger partial charge < -0.3 is 10.2 Å². The summed E-state index contributed by atoms with van der Waals surface area (Å²) in [7, 11) is -3.98. The lowest BCUT2D eigenvalue weighted by atomic mass is 10.1. The molecule has 2 N–H and O–H groups in total. The van der Waals surface area contributed by atoms with E-state index in [1.165, 1.54) is 18.2 Å². The molecule has 4 aromatic rings. The highest BCUT2D eigenvalue weighted by atomic mass is 79.9. The summed E-state index contributed by atoms with van der Waals surface area (Å²) < 4.78 is 43.3. The third-order valence-electron chi connectivity index (χ3n) is 6.24. The number of benzene rings is 3. The number of hydrogen-bond acceptors (Lipinski definition) is 7. The Hall–Kier alpha value is -3.06. The van der Waals surface area contributed by atoms with Crippen LogP contribution in [0.3, 0.4) is 0 Å². The fourth-order valence-corrected chi connectivity index (χ4v) is 6.84. The van der Waals surface area contributed by atoms with E-state index in [0.717, 1.165) is 58.1 Å². The first kappa shape index (κ1) is 26.5. The van der Waals surface area contributed by atoms with Crippen LogP contribution in [-0.4, -0.2) is 63.5 Å². The van der Waals surface area contributed by atoms with Crippen LogP contribution in [-0.2, 0) is 10.0 Å². The minimum Gasteiger partial charge on any atom is -0.351 e. The van der Waals surface area contributed by atoms with Gasteiger partial charge in [0.15, 0.2) is 5.13 Å². The van der Waals surface area contributed by atoms with Crippen molar-refractivity contribution in [2.75, 3.05) is 48.9 Å². The van der Waals surface area contributed by atoms with Gasteiger partial charge in [0.05, 0.1) is 26.4 Å². The van der Waals surface area contributed by atoms with Crippen molar-refractivity contribution in [1.82, 2.24) is 15.2 Å². The number of rotatable bonds is 8. The number of amides is 1. The van der Waals surface area contributed by atoms with Crippen molar-refractivity contribution in [1.29, 1.82) is 0 Å². The third kappa shape index (κ3) is 6.15. The Morgan fingerprint density at radius 1 is 1.03 bits per heavy atom. The molecule has 3 aromatic carbocycles. The fraction of sp³-hybridized carbons (Fsp3) is 0.231. The number of fused-ring (bicyclic) bond motifs is 1. The molecule has 0 spiro atoms. The highest BCUT2D eigenvalue weighted by Crippen LogP contribution is 2.31. The molecule has 1 fully saturated rings. The van der Waals surface area contributed by atoms with Crippen LogP contribution in [0.25, 0.3) is 10.2 Å². The first-order valence-corrected chi connectivity index (χ1v) is 15.1. The van der Waals surface area contributed by atoms with E-state index in [0.29, 0.717) is 13.1 Å². The first-order valence-electron chi connectivity index (χ1n) is 12.0. The van der Waals surface area contributed by atoms with Crippen molar-refractivity contribution in [3.05, 3.63) is 82.6 Å². The van der Waals surface area contributed by atoms with E-state index in [4.69, 9.17) is 4.98 Å². The molecule has 0 unspecified atom stereocenters. The van der Waals surface area contributed by atoms with Gasteiger partial charge in [-0.1, -0.05) is 39.4 Å². The van der Waals surface area contributed by atoms with Crippen molar-refractivity contribution in [2.24, 2.45) is 0 Å². The zero-order valence-corrected chi connectivity index (χ0v) is 23.5. The van der Waals surface area contributed by atoms with Gasteiger partial charge in [0.1, 0.15) is 5.82 Å². The van der Waals surface area contributed by atoms with E-state index in [9.17, 15) is 17.6 Å². The predicted molar refractivity (Wildman–Crippen MR) is 152 cm³/mol. The van der Waals surface area contributed by atoms with Gasteiger partial charge in [-0.15, -0.1) is 0 Å². The van der Waals surface area contributed by atoms with Crippen molar-refractivity contribution in [2.45, 2.75) is 4.90 Å². The molecule has 1 aromatic heterocycles. The van der Waals surface area contributed by atoms with Gasteiger partial charge in [0.2, 0.25) is 0 Å².